The van der Waals surface area contributed by atoms with Gasteiger partial charge in [-0.25, -0.2) is 9.59 Å². The third-order valence-electron chi connectivity index (χ3n) is 7.16. The average Bonchev–Trinajstić information content (AvgIpc) is 3.53. The number of hydrogen-bond acceptors (Lipinski definition) is 32. The highest BCUT2D eigenvalue weighted by Gasteiger charge is 2.16. The second-order valence-electron chi connectivity index (χ2n) is 16.1. The molecular weight excluding hydrogens is 1300 g/mol. The minimum Gasteiger partial charge on any atom is -0.444 e. The molecule has 14 N–H and O–H groups in total. The summed E-state index contributed by atoms with van der Waals surface area (Å²) in [6.45, 7) is 24.8. The molecule has 40 heteroatoms. The predicted octanol–water partition coefficient (Wildman–Crippen LogP) is 8.07. The van der Waals surface area contributed by atoms with E-state index in [1.54, 1.807) is 6.26 Å². The molecule has 5 rings (SSSR count). The second-order valence-corrected chi connectivity index (χ2v) is 20.5. The number of carbonyl (C=O) groups is 2. The maximum atomic E-state index is 11.5. The molecule has 0 atom stereocenters. The smallest absolute Gasteiger partial charge is 0.407 e. The van der Waals surface area contributed by atoms with Crippen LogP contribution in [-0.4, -0.2) is 196 Å². The number of alkyl carbamates (subject to hydrolysis) is 2. The minimum absolute atomic E-state index is 0.000000000000000444. The number of carbonyl (C=O) groups excluding carboxylic acids is 2. The SMILES string of the molecule is CC(C)(C)OC(=O)NCCN.CCNc1nc(Cl)nc(Cl)n1.CCNc1nc(Cl)nc(SC)n1.CCNc1nc(NCCN)nc(SC)n1.CCNc1nc(NCCNC(=O)OC(C)(C)C)nc(SC)n1.CN.CS.Clc1nc(Cl)nc(Cl)n1. The van der Waals surface area contributed by atoms with E-state index in [9.17, 15) is 9.59 Å². The number of ether oxygens (including phenoxy) is 2. The van der Waals surface area contributed by atoms with Gasteiger partial charge in [-0.2, -0.15) is 87.4 Å². The molecular formula is C44H80Cl6N26O4S4. The topological polar surface area (TPSA) is 420 Å². The number of halogens is 6. The summed E-state index contributed by atoms with van der Waals surface area (Å²) in [6.07, 6.45) is 6.56. The Labute approximate surface area is 540 Å². The first-order chi connectivity index (χ1) is 39.7. The summed E-state index contributed by atoms with van der Waals surface area (Å²) in [5.41, 5.74) is 14.1. The normalized spacial score (nSPS) is 9.96. The van der Waals surface area contributed by atoms with Crippen molar-refractivity contribution >= 4 is 165 Å². The van der Waals surface area contributed by atoms with Crippen molar-refractivity contribution in [2.45, 2.75) is 95.9 Å². The molecule has 2 amide bonds. The number of anilines is 6. The van der Waals surface area contributed by atoms with Crippen LogP contribution in [0, 0.1) is 0 Å². The summed E-state index contributed by atoms with van der Waals surface area (Å²) in [7, 11) is 1.50. The molecule has 5 aromatic heterocycles. The van der Waals surface area contributed by atoms with Gasteiger partial charge in [0.15, 0.2) is 15.5 Å². The van der Waals surface area contributed by atoms with Gasteiger partial charge in [-0.1, -0.05) is 35.3 Å². The van der Waals surface area contributed by atoms with Gasteiger partial charge in [0.25, 0.3) is 0 Å². The first-order valence-electron chi connectivity index (χ1n) is 24.9. The van der Waals surface area contributed by atoms with Gasteiger partial charge >= 0.3 is 12.2 Å². The van der Waals surface area contributed by atoms with Crippen molar-refractivity contribution in [1.82, 2.24) is 85.4 Å². The van der Waals surface area contributed by atoms with Crippen LogP contribution in [0.1, 0.15) is 69.2 Å². The molecule has 5 aromatic rings. The third kappa shape index (κ3) is 46.7. The van der Waals surface area contributed by atoms with Crippen LogP contribution in [0.15, 0.2) is 15.5 Å². The number of hydrogen-bond donors (Lipinski definition) is 12. The zero-order chi connectivity index (χ0) is 64.7. The number of amides is 2. The van der Waals surface area contributed by atoms with Crippen LogP contribution in [0.25, 0.3) is 0 Å². The average molecular weight is 1380 g/mol. The molecule has 0 fully saturated rings. The summed E-state index contributed by atoms with van der Waals surface area (Å²) in [4.78, 5) is 81.1. The van der Waals surface area contributed by atoms with Gasteiger partial charge in [-0.3, -0.25) is 0 Å². The molecule has 0 radical (unpaired) electrons. The lowest BCUT2D eigenvalue weighted by atomic mass is 10.2. The molecule has 0 spiro atoms. The molecule has 0 unspecified atom stereocenters. The van der Waals surface area contributed by atoms with E-state index in [-0.39, 0.29) is 31.7 Å². The maximum Gasteiger partial charge on any atom is 0.407 e. The first-order valence-corrected chi connectivity index (χ1v) is 31.7. The lowest BCUT2D eigenvalue weighted by Gasteiger charge is -2.19. The van der Waals surface area contributed by atoms with E-state index < -0.39 is 23.4 Å². The molecule has 0 bridgehead atoms. The quantitative estimate of drug-likeness (QED) is 0.0199. The van der Waals surface area contributed by atoms with Crippen molar-refractivity contribution in [2.24, 2.45) is 17.2 Å². The molecule has 0 aliphatic rings. The van der Waals surface area contributed by atoms with Crippen LogP contribution in [0.4, 0.5) is 45.3 Å². The zero-order valence-electron chi connectivity index (χ0n) is 49.6. The highest BCUT2D eigenvalue weighted by atomic mass is 35.5. The summed E-state index contributed by atoms with van der Waals surface area (Å²) >= 11 is 40.5. The molecule has 84 heavy (non-hydrogen) atoms. The Morgan fingerprint density at radius 1 is 0.405 bits per heavy atom. The predicted molar refractivity (Wildman–Crippen MR) is 350 cm³/mol. The van der Waals surface area contributed by atoms with Crippen LogP contribution >= 0.6 is 118 Å². The van der Waals surface area contributed by atoms with E-state index >= 15 is 0 Å². The van der Waals surface area contributed by atoms with E-state index in [4.69, 9.17) is 90.5 Å². The fourth-order valence-electron chi connectivity index (χ4n) is 4.38. The number of thioether (sulfide) groups is 3. The van der Waals surface area contributed by atoms with Gasteiger partial charge in [-0.15, -0.1) is 0 Å². The Morgan fingerprint density at radius 3 is 0.952 bits per heavy atom. The molecule has 0 saturated heterocycles. The van der Waals surface area contributed by atoms with Crippen LogP contribution in [0.3, 0.4) is 0 Å². The molecule has 30 nitrogen and oxygen atoms in total. The van der Waals surface area contributed by atoms with Crippen LogP contribution in [0.5, 0.6) is 0 Å². The number of rotatable bonds is 20. The van der Waals surface area contributed by atoms with Crippen molar-refractivity contribution in [1.29, 1.82) is 0 Å². The Balaban J connectivity index is -0.000000948. The highest BCUT2D eigenvalue weighted by Crippen LogP contribution is 2.16. The van der Waals surface area contributed by atoms with Gasteiger partial charge in [0.2, 0.25) is 67.4 Å². The zero-order valence-corrected chi connectivity index (χ0v) is 57.5. The van der Waals surface area contributed by atoms with E-state index in [0.29, 0.717) is 90.4 Å². The molecule has 0 aliphatic carbocycles. The maximum absolute atomic E-state index is 11.5. The van der Waals surface area contributed by atoms with Gasteiger partial charge in [0.05, 0.1) is 0 Å². The first kappa shape index (κ1) is 83.6. The summed E-state index contributed by atoms with van der Waals surface area (Å²) in [6, 6.07) is 0. The molecule has 0 aromatic carbocycles. The number of thiol groups is 1. The number of nitrogens with zero attached hydrogens (tertiary/aromatic N) is 15. The largest absolute Gasteiger partial charge is 0.444 e. The fraction of sp³-hybridized carbons (Fsp3) is 0.614. The Hall–Kier alpha value is -4.59. The summed E-state index contributed by atoms with van der Waals surface area (Å²) < 4.78 is 10.1. The van der Waals surface area contributed by atoms with Crippen molar-refractivity contribution in [3.63, 3.8) is 0 Å². The Kier molecular flexibility index (Phi) is 50.3. The number of nitrogens with two attached hydrogens (primary N) is 3. The molecule has 0 aliphatic heterocycles. The van der Waals surface area contributed by atoms with E-state index in [2.05, 4.69) is 136 Å². The summed E-state index contributed by atoms with van der Waals surface area (Å²) in [5, 5.41) is 25.5. The van der Waals surface area contributed by atoms with Crippen LogP contribution in [-0.2, 0) is 9.47 Å². The van der Waals surface area contributed by atoms with Crippen molar-refractivity contribution in [3.8, 4) is 0 Å². The monoisotopic (exact) mass is 1370 g/mol. The Bertz CT molecular complexity index is 2490. The molecule has 5 heterocycles. The summed E-state index contributed by atoms with van der Waals surface area (Å²) in [5.74, 6) is 3.09. The number of nitrogens with one attached hydrogen (secondary N) is 8. The highest BCUT2D eigenvalue weighted by molar-refractivity contribution is 7.98. The van der Waals surface area contributed by atoms with Gasteiger partial charge < -0.3 is 69.2 Å². The van der Waals surface area contributed by atoms with Crippen LogP contribution in [0.2, 0.25) is 31.7 Å². The molecule has 0 saturated carbocycles. The van der Waals surface area contributed by atoms with Crippen molar-refractivity contribution < 1.29 is 19.1 Å². The van der Waals surface area contributed by atoms with E-state index in [1.165, 1.54) is 42.3 Å². The lowest BCUT2D eigenvalue weighted by molar-refractivity contribution is 0.0518. The lowest BCUT2D eigenvalue weighted by Crippen LogP contribution is -2.35. The van der Waals surface area contributed by atoms with Gasteiger partial charge in [0, 0.05) is 65.4 Å². The number of aromatic nitrogens is 15. The second kappa shape index (κ2) is 50.6. The van der Waals surface area contributed by atoms with Crippen molar-refractivity contribution in [2.75, 3.05) is 129 Å². The minimum atomic E-state index is -0.500. The Morgan fingerprint density at radius 2 is 0.655 bits per heavy atom. The fourth-order valence-corrected chi connectivity index (χ4v) is 6.63. The van der Waals surface area contributed by atoms with E-state index in [1.807, 2.05) is 88.0 Å². The standard InChI is InChI=1S/C13H24N6O2S.C8H16N6S.C7H16N2O2.C6H9ClN4S.C5H6Cl2N4.C3Cl3N3.CH5N.CH4S/c1-6-14-9-17-10(19-11(18-9)22-5)15-7-8-16-12(20)21-13(2,3)4;1-3-10-6-12-7(11-5-4-9)14-8(13-6)15-2;1-7(2,3)11-6(10)9-5-4-8;1-3-8-5-9-4(7)10-6(11-5)12-2;1-2-8-5-10-3(6)9-4(7)11-5;4-1-7-2(5)9-3(6)8-1;2*1-2/h6-8H2,1-5H3,(H,16,20)(H2,14,15,17,18,19);3-5,9H2,1-2H3,(H2,10,11,12,13,14);4-5,8H2,1-3H3,(H,9,10);3H2,1-2H3,(H,8,9,10,11);2H2,1H3,(H,8,9,10,11);;2H2,1H3;2H,1H3. The van der Waals surface area contributed by atoms with Gasteiger partial charge in [-0.05, 0) is 171 Å². The van der Waals surface area contributed by atoms with Gasteiger partial charge in [0.1, 0.15) is 11.2 Å². The van der Waals surface area contributed by atoms with E-state index in [0.717, 1.165) is 26.2 Å². The van der Waals surface area contributed by atoms with Crippen LogP contribution < -0.4 is 59.7 Å². The van der Waals surface area contributed by atoms with Crippen molar-refractivity contribution in [3.05, 3.63) is 31.7 Å². The molecule has 476 valence electrons. The third-order valence-corrected chi connectivity index (χ3v) is 9.81.